The molecule has 4 rings (SSSR count). The molecule has 1 atom stereocenters. The minimum atomic E-state index is -0.127. The van der Waals surface area contributed by atoms with E-state index in [0.29, 0.717) is 25.6 Å². The summed E-state index contributed by atoms with van der Waals surface area (Å²) in [5.41, 5.74) is 2.38. The number of amides is 2. The zero-order valence-electron chi connectivity index (χ0n) is 20.8. The van der Waals surface area contributed by atoms with Gasteiger partial charge in [0.1, 0.15) is 12.4 Å². The van der Waals surface area contributed by atoms with Gasteiger partial charge in [-0.15, -0.1) is 11.3 Å². The number of hydrogen-bond donors (Lipinski definition) is 0. The quantitative estimate of drug-likeness (QED) is 0.466. The van der Waals surface area contributed by atoms with Gasteiger partial charge in [0.25, 0.3) is 0 Å². The third-order valence-corrected chi connectivity index (χ3v) is 8.16. The molecule has 2 aliphatic rings. The predicted molar refractivity (Wildman–Crippen MR) is 137 cm³/mol. The highest BCUT2D eigenvalue weighted by Crippen LogP contribution is 2.34. The average molecular weight is 483 g/mol. The summed E-state index contributed by atoms with van der Waals surface area (Å²) in [4.78, 5) is 32.1. The van der Waals surface area contributed by atoms with E-state index in [1.807, 2.05) is 34.1 Å². The first-order valence-corrected chi connectivity index (χ1v) is 13.6. The number of hydrogen-bond acceptors (Lipinski definition) is 4. The van der Waals surface area contributed by atoms with Gasteiger partial charge in [-0.25, -0.2) is 0 Å². The Morgan fingerprint density at radius 1 is 1.15 bits per heavy atom. The molecule has 0 spiro atoms. The van der Waals surface area contributed by atoms with E-state index in [0.717, 1.165) is 44.3 Å². The molecule has 1 aromatic heterocycles. The molecular weight excluding hydrogens is 444 g/mol. The molecule has 6 heteroatoms. The molecule has 0 bridgehead atoms. The van der Waals surface area contributed by atoms with Gasteiger partial charge in [-0.05, 0) is 67.7 Å². The third kappa shape index (κ3) is 6.01. The van der Waals surface area contributed by atoms with Gasteiger partial charge in [-0.1, -0.05) is 44.4 Å². The molecule has 1 aliphatic carbocycles. The fourth-order valence-corrected chi connectivity index (χ4v) is 5.98. The summed E-state index contributed by atoms with van der Waals surface area (Å²) in [5, 5.41) is 2.11. The predicted octanol–water partition coefficient (Wildman–Crippen LogP) is 5.63. The van der Waals surface area contributed by atoms with E-state index in [9.17, 15) is 9.59 Å². The lowest BCUT2D eigenvalue weighted by atomic mass is 10.00. The van der Waals surface area contributed by atoms with E-state index in [1.54, 1.807) is 11.3 Å². The molecule has 0 unspecified atom stereocenters. The van der Waals surface area contributed by atoms with Crippen molar-refractivity contribution in [1.82, 2.24) is 9.80 Å². The highest BCUT2D eigenvalue weighted by molar-refractivity contribution is 7.10. The molecule has 0 radical (unpaired) electrons. The maximum Gasteiger partial charge on any atom is 0.242 e. The number of rotatable bonds is 9. The van der Waals surface area contributed by atoms with Crippen LogP contribution >= 0.6 is 11.3 Å². The van der Waals surface area contributed by atoms with Crippen LogP contribution in [-0.2, 0) is 16.0 Å². The van der Waals surface area contributed by atoms with Crippen molar-refractivity contribution >= 4 is 23.2 Å². The Balaban J connectivity index is 1.48. The van der Waals surface area contributed by atoms with Crippen LogP contribution in [0.3, 0.4) is 0 Å². The molecule has 2 aromatic rings. The SMILES string of the molecule is Cc1ccc(OC[C@H]2c3ccsc3CCN2C(=O)CN(CCC(C)C)C(=O)C2CCCC2)cc1. The van der Waals surface area contributed by atoms with E-state index >= 15 is 0 Å². The summed E-state index contributed by atoms with van der Waals surface area (Å²) >= 11 is 1.76. The molecule has 0 N–H and O–H groups in total. The first kappa shape index (κ1) is 24.8. The summed E-state index contributed by atoms with van der Waals surface area (Å²) in [6, 6.07) is 10.0. The van der Waals surface area contributed by atoms with Crippen molar-refractivity contribution in [3.63, 3.8) is 0 Å². The lowest BCUT2D eigenvalue weighted by Gasteiger charge is -2.37. The van der Waals surface area contributed by atoms with Crippen molar-refractivity contribution in [2.45, 2.75) is 65.3 Å². The highest BCUT2D eigenvalue weighted by atomic mass is 32.1. The average Bonchev–Trinajstić information content (AvgIpc) is 3.53. The van der Waals surface area contributed by atoms with Crippen LogP contribution in [0.4, 0.5) is 0 Å². The molecular formula is C28H38N2O3S. The fourth-order valence-electron chi connectivity index (χ4n) is 5.05. The highest BCUT2D eigenvalue weighted by Gasteiger charge is 2.35. The molecule has 34 heavy (non-hydrogen) atoms. The summed E-state index contributed by atoms with van der Waals surface area (Å²) in [7, 11) is 0. The standard InChI is InChI=1S/C28H38N2O3S/c1-20(2)12-15-29(28(32)22-6-4-5-7-22)18-27(31)30-16-13-26-24(14-17-34-26)25(30)19-33-23-10-8-21(3)9-11-23/h8-11,14,17,20,22,25H,4-7,12-13,15-16,18-19H2,1-3H3/t25-/m0/s1. The Kier molecular flexibility index (Phi) is 8.30. The number of aryl methyl sites for hydroxylation is 1. The Hall–Kier alpha value is -2.34. The Morgan fingerprint density at radius 3 is 2.59 bits per heavy atom. The molecule has 1 saturated carbocycles. The number of fused-ring (bicyclic) bond motifs is 1. The van der Waals surface area contributed by atoms with Gasteiger partial charge in [-0.3, -0.25) is 9.59 Å². The van der Waals surface area contributed by atoms with Crippen molar-refractivity contribution in [1.29, 1.82) is 0 Å². The molecule has 1 fully saturated rings. The van der Waals surface area contributed by atoms with E-state index in [-0.39, 0.29) is 30.3 Å². The summed E-state index contributed by atoms with van der Waals surface area (Å²) in [6.07, 6.45) is 5.94. The molecule has 1 aromatic carbocycles. The van der Waals surface area contributed by atoms with Crippen molar-refractivity contribution in [3.05, 3.63) is 51.7 Å². The molecule has 0 saturated heterocycles. The Morgan fingerprint density at radius 2 is 1.88 bits per heavy atom. The second-order valence-electron chi connectivity index (χ2n) is 10.2. The monoisotopic (exact) mass is 482 g/mol. The number of nitrogens with zero attached hydrogens (tertiary/aromatic N) is 2. The molecule has 2 heterocycles. The van der Waals surface area contributed by atoms with Crippen LogP contribution in [0.1, 0.15) is 68.0 Å². The first-order chi connectivity index (χ1) is 16.4. The van der Waals surface area contributed by atoms with Gasteiger partial charge in [-0.2, -0.15) is 0 Å². The minimum absolute atomic E-state index is 0.0319. The maximum absolute atomic E-state index is 13.7. The van der Waals surface area contributed by atoms with Gasteiger partial charge >= 0.3 is 0 Å². The Labute approximate surface area is 208 Å². The largest absolute Gasteiger partial charge is 0.491 e. The van der Waals surface area contributed by atoms with E-state index in [4.69, 9.17) is 4.74 Å². The lowest BCUT2D eigenvalue weighted by molar-refractivity contribution is -0.144. The number of thiophene rings is 1. The second kappa shape index (κ2) is 11.4. The van der Waals surface area contributed by atoms with Gasteiger partial charge in [0.15, 0.2) is 0 Å². The van der Waals surface area contributed by atoms with Crippen LogP contribution in [0, 0.1) is 18.8 Å². The summed E-state index contributed by atoms with van der Waals surface area (Å²) < 4.78 is 6.15. The van der Waals surface area contributed by atoms with Gasteiger partial charge in [0.2, 0.25) is 11.8 Å². The number of benzene rings is 1. The zero-order chi connectivity index (χ0) is 24.1. The summed E-state index contributed by atoms with van der Waals surface area (Å²) in [5.74, 6) is 1.60. The van der Waals surface area contributed by atoms with Crippen LogP contribution < -0.4 is 4.74 Å². The third-order valence-electron chi connectivity index (χ3n) is 7.16. The normalized spacial score (nSPS) is 18.2. The number of ether oxygens (including phenoxy) is 1. The van der Waals surface area contributed by atoms with E-state index in [2.05, 4.69) is 32.2 Å². The van der Waals surface area contributed by atoms with Crippen molar-refractivity contribution in [2.24, 2.45) is 11.8 Å². The molecule has 184 valence electrons. The zero-order valence-corrected chi connectivity index (χ0v) is 21.6. The minimum Gasteiger partial charge on any atom is -0.491 e. The smallest absolute Gasteiger partial charge is 0.242 e. The lowest BCUT2D eigenvalue weighted by Crippen LogP contribution is -2.49. The first-order valence-electron chi connectivity index (χ1n) is 12.8. The van der Waals surface area contributed by atoms with Crippen LogP contribution in [-0.4, -0.2) is 47.9 Å². The number of carbonyl (C=O) groups is 2. The van der Waals surface area contributed by atoms with Crippen LogP contribution in [0.5, 0.6) is 5.75 Å². The molecule has 2 amide bonds. The maximum atomic E-state index is 13.7. The summed E-state index contributed by atoms with van der Waals surface area (Å²) in [6.45, 7) is 8.30. The van der Waals surface area contributed by atoms with Crippen LogP contribution in [0.15, 0.2) is 35.7 Å². The fraction of sp³-hybridized carbons (Fsp3) is 0.571. The second-order valence-corrected chi connectivity index (χ2v) is 11.2. The van der Waals surface area contributed by atoms with Crippen molar-refractivity contribution < 1.29 is 14.3 Å². The molecule has 1 aliphatic heterocycles. The van der Waals surface area contributed by atoms with E-state index < -0.39 is 0 Å². The van der Waals surface area contributed by atoms with Crippen LogP contribution in [0.25, 0.3) is 0 Å². The van der Waals surface area contributed by atoms with Gasteiger partial charge < -0.3 is 14.5 Å². The Bertz CT molecular complexity index is 962. The van der Waals surface area contributed by atoms with E-state index in [1.165, 1.54) is 16.0 Å². The topological polar surface area (TPSA) is 49.9 Å². The van der Waals surface area contributed by atoms with Crippen molar-refractivity contribution in [2.75, 3.05) is 26.2 Å². The van der Waals surface area contributed by atoms with Crippen molar-refractivity contribution in [3.8, 4) is 5.75 Å². The number of carbonyl (C=O) groups excluding carboxylic acids is 2. The van der Waals surface area contributed by atoms with Gasteiger partial charge in [0, 0.05) is 23.9 Å². The van der Waals surface area contributed by atoms with Crippen LogP contribution in [0.2, 0.25) is 0 Å². The van der Waals surface area contributed by atoms with Gasteiger partial charge in [0.05, 0.1) is 12.6 Å². The molecule has 5 nitrogen and oxygen atoms in total.